The van der Waals surface area contributed by atoms with Crippen molar-refractivity contribution in [3.63, 3.8) is 0 Å². The normalized spacial score (nSPS) is 11.9. The van der Waals surface area contributed by atoms with E-state index in [0.29, 0.717) is 13.0 Å². The molecule has 1 unspecified atom stereocenters. The van der Waals surface area contributed by atoms with E-state index in [1.54, 1.807) is 6.08 Å². The molecule has 0 bridgehead atoms. The van der Waals surface area contributed by atoms with Crippen molar-refractivity contribution in [2.45, 2.75) is 19.0 Å². The van der Waals surface area contributed by atoms with Crippen LogP contribution in [0.1, 0.15) is 12.0 Å². The topological polar surface area (TPSA) is 56.0 Å². The van der Waals surface area contributed by atoms with Crippen molar-refractivity contribution in [2.75, 3.05) is 52.3 Å². The Hall–Kier alpha value is -2.08. The molecule has 1 rings (SSSR count). The van der Waals surface area contributed by atoms with Crippen LogP contribution in [0.2, 0.25) is 0 Å². The van der Waals surface area contributed by atoms with Crippen molar-refractivity contribution in [3.05, 3.63) is 66.9 Å². The average molecular weight is 373 g/mol. The van der Waals surface area contributed by atoms with Gasteiger partial charge in [0.2, 0.25) is 0 Å². The number of hydrogen-bond acceptors (Lipinski definition) is 5. The lowest BCUT2D eigenvalue weighted by Crippen LogP contribution is -2.36. The maximum absolute atomic E-state index is 9.03. The minimum Gasteiger partial charge on any atom is -0.395 e. The molecule has 0 spiro atoms. The van der Waals surface area contributed by atoms with Crippen LogP contribution in [-0.2, 0) is 6.54 Å². The van der Waals surface area contributed by atoms with Crippen molar-refractivity contribution >= 4 is 5.69 Å². The van der Waals surface area contributed by atoms with E-state index >= 15 is 0 Å². The maximum atomic E-state index is 9.03. The summed E-state index contributed by atoms with van der Waals surface area (Å²) in [5.41, 5.74) is 10.4. The summed E-state index contributed by atoms with van der Waals surface area (Å²) in [5, 5.41) is 9.03. The van der Waals surface area contributed by atoms with Gasteiger partial charge in [-0.1, -0.05) is 43.5 Å². The lowest BCUT2D eigenvalue weighted by atomic mass is 10.1. The highest BCUT2D eigenvalue weighted by atomic mass is 16.3. The Morgan fingerprint density at radius 3 is 2.30 bits per heavy atom. The first-order chi connectivity index (χ1) is 12.8. The lowest BCUT2D eigenvalue weighted by molar-refractivity contribution is 0.273. The predicted octanol–water partition coefficient (Wildman–Crippen LogP) is 2.45. The van der Waals surface area contributed by atoms with Crippen LogP contribution in [0, 0.1) is 0 Å². The Kier molecular flexibility index (Phi) is 9.86. The molecule has 27 heavy (non-hydrogen) atoms. The van der Waals surface area contributed by atoms with Gasteiger partial charge in [-0.2, -0.15) is 0 Å². The van der Waals surface area contributed by atoms with Gasteiger partial charge < -0.3 is 25.5 Å². The molecule has 0 aliphatic carbocycles. The van der Waals surface area contributed by atoms with Gasteiger partial charge in [-0.25, -0.2) is 0 Å². The van der Waals surface area contributed by atoms with Gasteiger partial charge in [0.15, 0.2) is 0 Å². The largest absolute Gasteiger partial charge is 0.395 e. The van der Waals surface area contributed by atoms with Crippen LogP contribution >= 0.6 is 0 Å². The summed E-state index contributed by atoms with van der Waals surface area (Å²) in [6, 6.07) is 8.34. The first kappa shape index (κ1) is 23.0. The van der Waals surface area contributed by atoms with Gasteiger partial charge in [-0.15, -0.1) is 0 Å². The number of aliphatic hydroxyl groups is 1. The third-order valence-corrected chi connectivity index (χ3v) is 4.77. The molecular weight excluding hydrogens is 336 g/mol. The van der Waals surface area contributed by atoms with Gasteiger partial charge in [0, 0.05) is 57.7 Å². The molecule has 5 nitrogen and oxygen atoms in total. The summed E-state index contributed by atoms with van der Waals surface area (Å²) < 4.78 is 0. The molecule has 0 amide bonds. The monoisotopic (exact) mass is 372 g/mol. The van der Waals surface area contributed by atoms with Crippen LogP contribution in [0.25, 0.3) is 0 Å². The summed E-state index contributed by atoms with van der Waals surface area (Å²) >= 11 is 0. The lowest BCUT2D eigenvalue weighted by Gasteiger charge is -2.28. The molecule has 1 aromatic carbocycles. The number of likely N-dealkylation sites (N-methyl/N-ethyl adjacent to an activating group) is 3. The average Bonchev–Trinajstić information content (AvgIpc) is 2.65. The number of nitrogens with two attached hydrogens (primary N) is 1. The zero-order valence-electron chi connectivity index (χ0n) is 17.2. The Labute approximate surface area is 165 Å². The molecular formula is C22H36N4O. The second-order valence-corrected chi connectivity index (χ2v) is 7.14. The van der Waals surface area contributed by atoms with Gasteiger partial charge in [-0.3, -0.25) is 0 Å². The standard InChI is InChI=1S/C22H36N4O/c1-7-18(2)16-22(23)19(3)25(5)13-12-24(4)17-20-8-10-21(11-9-20)26(6)14-15-27/h7-11,22,27H,1-3,12-17,23H2,4-6H3. The number of allylic oxidation sites excluding steroid dienone is 1. The first-order valence-electron chi connectivity index (χ1n) is 9.33. The number of hydrogen-bond donors (Lipinski definition) is 2. The molecule has 0 saturated carbocycles. The van der Waals surface area contributed by atoms with Crippen LogP contribution in [0.5, 0.6) is 0 Å². The number of benzene rings is 1. The van der Waals surface area contributed by atoms with E-state index < -0.39 is 0 Å². The van der Waals surface area contributed by atoms with Crippen molar-refractivity contribution in [1.82, 2.24) is 9.80 Å². The van der Waals surface area contributed by atoms with E-state index in [1.807, 2.05) is 19.0 Å². The van der Waals surface area contributed by atoms with Crippen molar-refractivity contribution in [3.8, 4) is 0 Å². The van der Waals surface area contributed by atoms with Crippen LogP contribution < -0.4 is 10.6 Å². The summed E-state index contributed by atoms with van der Waals surface area (Å²) in [4.78, 5) is 6.44. The SMILES string of the molecule is C=CC(=C)CC(N)C(=C)N(C)CCN(C)Cc1ccc(N(C)CCO)cc1. The smallest absolute Gasteiger partial charge is 0.0606 e. The quantitative estimate of drug-likeness (QED) is 0.521. The Morgan fingerprint density at radius 2 is 1.74 bits per heavy atom. The van der Waals surface area contributed by atoms with Gasteiger partial charge in [0.1, 0.15) is 0 Å². The third-order valence-electron chi connectivity index (χ3n) is 4.77. The molecule has 5 heteroatoms. The maximum Gasteiger partial charge on any atom is 0.0606 e. The van der Waals surface area contributed by atoms with Crippen LogP contribution in [0.3, 0.4) is 0 Å². The minimum atomic E-state index is -0.130. The molecule has 0 radical (unpaired) electrons. The highest BCUT2D eigenvalue weighted by molar-refractivity contribution is 5.46. The Morgan fingerprint density at radius 1 is 1.11 bits per heavy atom. The molecule has 0 aliphatic rings. The fourth-order valence-electron chi connectivity index (χ4n) is 2.76. The molecule has 1 atom stereocenters. The highest BCUT2D eigenvalue weighted by Crippen LogP contribution is 2.15. The zero-order valence-corrected chi connectivity index (χ0v) is 17.2. The van der Waals surface area contributed by atoms with Gasteiger partial charge in [-0.05, 0) is 31.2 Å². The van der Waals surface area contributed by atoms with Crippen molar-refractivity contribution < 1.29 is 5.11 Å². The van der Waals surface area contributed by atoms with Crippen LogP contribution in [0.4, 0.5) is 5.69 Å². The highest BCUT2D eigenvalue weighted by Gasteiger charge is 2.13. The van der Waals surface area contributed by atoms with Gasteiger partial charge in [0.25, 0.3) is 0 Å². The van der Waals surface area contributed by atoms with E-state index in [0.717, 1.165) is 36.6 Å². The number of rotatable bonds is 13. The van der Waals surface area contributed by atoms with Gasteiger partial charge >= 0.3 is 0 Å². The zero-order chi connectivity index (χ0) is 20.4. The molecule has 150 valence electrons. The molecule has 0 aromatic heterocycles. The van der Waals surface area contributed by atoms with E-state index in [4.69, 9.17) is 10.8 Å². The first-order valence-corrected chi connectivity index (χ1v) is 9.33. The summed E-state index contributed by atoms with van der Waals surface area (Å²) in [5.74, 6) is 0. The van der Waals surface area contributed by atoms with E-state index in [1.165, 1.54) is 5.56 Å². The minimum absolute atomic E-state index is 0.130. The van der Waals surface area contributed by atoms with Crippen molar-refractivity contribution in [2.24, 2.45) is 5.73 Å². The summed E-state index contributed by atoms with van der Waals surface area (Å²) in [6.07, 6.45) is 2.42. The Bertz CT molecular complexity index is 611. The summed E-state index contributed by atoms with van der Waals surface area (Å²) in [6.45, 7) is 15.2. The second kappa shape index (κ2) is 11.6. The number of anilines is 1. The van der Waals surface area contributed by atoms with Crippen molar-refractivity contribution in [1.29, 1.82) is 0 Å². The second-order valence-electron chi connectivity index (χ2n) is 7.14. The van der Waals surface area contributed by atoms with E-state index in [-0.39, 0.29) is 12.6 Å². The molecule has 1 aromatic rings. The molecule has 0 fully saturated rings. The Balaban J connectivity index is 2.45. The summed E-state index contributed by atoms with van der Waals surface area (Å²) in [7, 11) is 6.12. The van der Waals surface area contributed by atoms with E-state index in [2.05, 4.69) is 60.8 Å². The fourth-order valence-corrected chi connectivity index (χ4v) is 2.76. The molecule has 3 N–H and O–H groups in total. The third kappa shape index (κ3) is 7.99. The number of nitrogens with zero attached hydrogens (tertiary/aromatic N) is 3. The fraction of sp³-hybridized carbons (Fsp3) is 0.455. The molecule has 0 heterocycles. The predicted molar refractivity (Wildman–Crippen MR) is 117 cm³/mol. The number of aliphatic hydroxyl groups excluding tert-OH is 1. The van der Waals surface area contributed by atoms with Gasteiger partial charge in [0.05, 0.1) is 6.61 Å². The molecule has 0 aliphatic heterocycles. The van der Waals surface area contributed by atoms with E-state index in [9.17, 15) is 0 Å². The van der Waals surface area contributed by atoms with Crippen LogP contribution in [0.15, 0.2) is 61.3 Å². The molecule has 0 saturated heterocycles. The van der Waals surface area contributed by atoms with Crippen LogP contribution in [-0.4, -0.2) is 68.3 Å².